The van der Waals surface area contributed by atoms with E-state index in [-0.39, 0.29) is 24.7 Å². The average molecular weight is 408 g/mol. The molecule has 0 saturated heterocycles. The zero-order valence-electron chi connectivity index (χ0n) is 16.3. The van der Waals surface area contributed by atoms with Gasteiger partial charge in [0.15, 0.2) is 23.9 Å². The van der Waals surface area contributed by atoms with Crippen molar-refractivity contribution in [3.05, 3.63) is 54.2 Å². The lowest BCUT2D eigenvalue weighted by atomic mass is 10.1. The van der Waals surface area contributed by atoms with E-state index in [9.17, 15) is 14.4 Å². The second-order valence-corrected chi connectivity index (χ2v) is 6.83. The van der Waals surface area contributed by atoms with Gasteiger partial charge in [0, 0.05) is 29.9 Å². The Morgan fingerprint density at radius 2 is 1.87 bits per heavy atom. The molecule has 3 aromatic rings. The standard InChI is InChI=1S/C22H20N2O6/c1-14(25)16-10-19-20(30-13-29-19)11-17(16)23-21(26)12-28-22(27)7-9-24-8-6-15-4-2-3-5-18(15)24/h2-6,8,10-11H,7,9,12-13H2,1H3,(H,23,26). The maximum absolute atomic E-state index is 12.2. The summed E-state index contributed by atoms with van der Waals surface area (Å²) in [5.74, 6) is -0.385. The van der Waals surface area contributed by atoms with E-state index in [1.807, 2.05) is 41.1 Å². The minimum atomic E-state index is -0.545. The highest BCUT2D eigenvalue weighted by molar-refractivity contribution is 6.05. The first kappa shape index (κ1) is 19.5. The SMILES string of the molecule is CC(=O)c1cc2c(cc1NC(=O)COC(=O)CCn1ccc3ccccc31)OCO2. The molecule has 8 heteroatoms. The fourth-order valence-electron chi connectivity index (χ4n) is 3.29. The Balaban J connectivity index is 1.31. The molecular weight excluding hydrogens is 388 g/mol. The lowest BCUT2D eigenvalue weighted by molar-refractivity contribution is -0.147. The predicted molar refractivity (Wildman–Crippen MR) is 109 cm³/mol. The van der Waals surface area contributed by atoms with Gasteiger partial charge in [0.05, 0.1) is 12.1 Å². The molecular formula is C22H20N2O6. The number of hydrogen-bond acceptors (Lipinski definition) is 6. The molecule has 1 aliphatic rings. The van der Waals surface area contributed by atoms with Gasteiger partial charge < -0.3 is 24.1 Å². The van der Waals surface area contributed by atoms with E-state index in [1.165, 1.54) is 19.1 Å². The summed E-state index contributed by atoms with van der Waals surface area (Å²) < 4.78 is 17.6. The Labute approximate surface area is 172 Å². The Morgan fingerprint density at radius 1 is 1.10 bits per heavy atom. The Bertz CT molecular complexity index is 1130. The molecule has 1 aliphatic heterocycles. The van der Waals surface area contributed by atoms with Crippen molar-refractivity contribution < 1.29 is 28.6 Å². The summed E-state index contributed by atoms with van der Waals surface area (Å²) in [6.07, 6.45) is 2.04. The third-order valence-electron chi connectivity index (χ3n) is 4.77. The molecule has 1 aromatic heterocycles. The number of para-hydroxylation sites is 1. The molecule has 0 radical (unpaired) electrons. The van der Waals surface area contributed by atoms with Crippen molar-refractivity contribution in [1.29, 1.82) is 0 Å². The molecule has 2 aromatic carbocycles. The summed E-state index contributed by atoms with van der Waals surface area (Å²) in [5, 5.41) is 3.69. The number of nitrogens with zero attached hydrogens (tertiary/aromatic N) is 1. The number of anilines is 1. The topological polar surface area (TPSA) is 95.9 Å². The molecule has 1 amide bonds. The number of carbonyl (C=O) groups is 3. The van der Waals surface area contributed by atoms with Gasteiger partial charge in [-0.2, -0.15) is 0 Å². The highest BCUT2D eigenvalue weighted by Gasteiger charge is 2.20. The first-order chi connectivity index (χ1) is 14.5. The number of carbonyl (C=O) groups excluding carboxylic acids is 3. The summed E-state index contributed by atoms with van der Waals surface area (Å²) >= 11 is 0. The number of aryl methyl sites for hydroxylation is 1. The maximum Gasteiger partial charge on any atom is 0.308 e. The minimum Gasteiger partial charge on any atom is -0.456 e. The van der Waals surface area contributed by atoms with Crippen LogP contribution in [-0.4, -0.2) is 35.6 Å². The summed E-state index contributed by atoms with van der Waals surface area (Å²) in [7, 11) is 0. The van der Waals surface area contributed by atoms with E-state index < -0.39 is 18.5 Å². The summed E-state index contributed by atoms with van der Waals surface area (Å²) in [6.45, 7) is 1.44. The monoisotopic (exact) mass is 408 g/mol. The van der Waals surface area contributed by atoms with Crippen LogP contribution in [0.15, 0.2) is 48.7 Å². The predicted octanol–water partition coefficient (Wildman–Crippen LogP) is 3.14. The lowest BCUT2D eigenvalue weighted by Crippen LogP contribution is -2.22. The number of fused-ring (bicyclic) bond motifs is 2. The summed E-state index contributed by atoms with van der Waals surface area (Å²) in [6, 6.07) is 12.9. The van der Waals surface area contributed by atoms with Gasteiger partial charge in [0.25, 0.3) is 5.91 Å². The molecule has 154 valence electrons. The van der Waals surface area contributed by atoms with Gasteiger partial charge >= 0.3 is 5.97 Å². The number of aromatic nitrogens is 1. The number of rotatable bonds is 7. The number of nitrogens with one attached hydrogen (secondary N) is 1. The van der Waals surface area contributed by atoms with E-state index in [2.05, 4.69) is 5.32 Å². The Hall–Kier alpha value is -3.81. The molecule has 0 spiro atoms. The third kappa shape index (κ3) is 4.12. The average Bonchev–Trinajstić information content (AvgIpc) is 3.36. The van der Waals surface area contributed by atoms with E-state index in [1.54, 1.807) is 0 Å². The van der Waals surface area contributed by atoms with Crippen LogP contribution in [-0.2, 0) is 20.9 Å². The van der Waals surface area contributed by atoms with Crippen LogP contribution in [0.4, 0.5) is 5.69 Å². The molecule has 0 aliphatic carbocycles. The zero-order valence-corrected chi connectivity index (χ0v) is 16.3. The fourth-order valence-corrected chi connectivity index (χ4v) is 3.29. The van der Waals surface area contributed by atoms with Crippen LogP contribution in [0.5, 0.6) is 11.5 Å². The molecule has 4 rings (SSSR count). The number of Topliss-reactive ketones (excluding diaryl/α,β-unsaturated/α-hetero) is 1. The molecule has 0 fully saturated rings. The van der Waals surface area contributed by atoms with Crippen LogP contribution in [0.1, 0.15) is 23.7 Å². The van der Waals surface area contributed by atoms with Gasteiger partial charge in [0.1, 0.15) is 0 Å². The van der Waals surface area contributed by atoms with Crippen LogP contribution < -0.4 is 14.8 Å². The van der Waals surface area contributed by atoms with Crippen molar-refractivity contribution in [3.63, 3.8) is 0 Å². The van der Waals surface area contributed by atoms with Gasteiger partial charge in [-0.3, -0.25) is 14.4 Å². The number of ether oxygens (including phenoxy) is 3. The lowest BCUT2D eigenvalue weighted by Gasteiger charge is -2.11. The highest BCUT2D eigenvalue weighted by Crippen LogP contribution is 2.37. The Morgan fingerprint density at radius 3 is 2.67 bits per heavy atom. The van der Waals surface area contributed by atoms with Gasteiger partial charge in [0.2, 0.25) is 6.79 Å². The molecule has 0 saturated carbocycles. The maximum atomic E-state index is 12.2. The second-order valence-electron chi connectivity index (χ2n) is 6.83. The van der Waals surface area contributed by atoms with E-state index >= 15 is 0 Å². The first-order valence-electron chi connectivity index (χ1n) is 9.45. The summed E-state index contributed by atoms with van der Waals surface area (Å²) in [5.41, 5.74) is 1.60. The molecule has 2 heterocycles. The number of ketones is 1. The smallest absolute Gasteiger partial charge is 0.308 e. The highest BCUT2D eigenvalue weighted by atomic mass is 16.7. The molecule has 0 unspecified atom stereocenters. The van der Waals surface area contributed by atoms with Gasteiger partial charge in [-0.15, -0.1) is 0 Å². The van der Waals surface area contributed by atoms with Gasteiger partial charge in [-0.1, -0.05) is 18.2 Å². The van der Waals surface area contributed by atoms with E-state index in [0.717, 1.165) is 10.9 Å². The zero-order chi connectivity index (χ0) is 21.1. The van der Waals surface area contributed by atoms with E-state index in [0.29, 0.717) is 23.6 Å². The van der Waals surface area contributed by atoms with E-state index in [4.69, 9.17) is 14.2 Å². The quantitative estimate of drug-likeness (QED) is 0.477. The van der Waals surface area contributed by atoms with Crippen LogP contribution in [0.2, 0.25) is 0 Å². The van der Waals surface area contributed by atoms with Crippen molar-refractivity contribution in [1.82, 2.24) is 4.57 Å². The largest absolute Gasteiger partial charge is 0.456 e. The van der Waals surface area contributed by atoms with Crippen LogP contribution in [0, 0.1) is 0 Å². The number of benzene rings is 2. The van der Waals surface area contributed by atoms with Gasteiger partial charge in [-0.25, -0.2) is 0 Å². The van der Waals surface area contributed by atoms with Crippen LogP contribution >= 0.6 is 0 Å². The minimum absolute atomic E-state index is 0.0539. The van der Waals surface area contributed by atoms with Crippen molar-refractivity contribution in [2.24, 2.45) is 0 Å². The van der Waals surface area contributed by atoms with Crippen molar-refractivity contribution in [2.45, 2.75) is 19.9 Å². The van der Waals surface area contributed by atoms with Crippen LogP contribution in [0.3, 0.4) is 0 Å². The molecule has 30 heavy (non-hydrogen) atoms. The summed E-state index contributed by atoms with van der Waals surface area (Å²) in [4.78, 5) is 36.1. The van der Waals surface area contributed by atoms with Crippen LogP contribution in [0.25, 0.3) is 10.9 Å². The molecule has 1 N–H and O–H groups in total. The fraction of sp³-hybridized carbons (Fsp3) is 0.227. The van der Waals surface area contributed by atoms with Crippen molar-refractivity contribution in [3.8, 4) is 11.5 Å². The Kier molecular flexibility index (Phi) is 5.38. The molecule has 8 nitrogen and oxygen atoms in total. The number of amides is 1. The number of esters is 1. The molecule has 0 bridgehead atoms. The van der Waals surface area contributed by atoms with Gasteiger partial charge in [-0.05, 0) is 30.5 Å². The third-order valence-corrected chi connectivity index (χ3v) is 4.77. The molecule has 0 atom stereocenters. The van der Waals surface area contributed by atoms with Crippen molar-refractivity contribution in [2.75, 3.05) is 18.7 Å². The first-order valence-corrected chi connectivity index (χ1v) is 9.45. The normalized spacial score (nSPS) is 12.0. The number of hydrogen-bond donors (Lipinski definition) is 1. The van der Waals surface area contributed by atoms with Crippen molar-refractivity contribution >= 4 is 34.3 Å². The second kappa shape index (κ2) is 8.28.